The first-order chi connectivity index (χ1) is 8.63. The minimum atomic E-state index is -0.757. The number of hydrogen-bond donors (Lipinski definition) is 1. The van der Waals surface area contributed by atoms with Crippen molar-refractivity contribution in [2.24, 2.45) is 5.92 Å². The molecule has 1 N–H and O–H groups in total. The highest BCUT2D eigenvalue weighted by atomic mass is 19.2. The average Bonchev–Trinajstić information content (AvgIpc) is 2.36. The average molecular weight is 255 g/mol. The van der Waals surface area contributed by atoms with Gasteiger partial charge >= 0.3 is 0 Å². The molecule has 1 atom stereocenters. The van der Waals surface area contributed by atoms with E-state index in [9.17, 15) is 8.78 Å². The van der Waals surface area contributed by atoms with Crippen LogP contribution < -0.4 is 5.32 Å². The van der Waals surface area contributed by atoms with E-state index < -0.39 is 11.6 Å². The molecule has 0 fully saturated rings. The van der Waals surface area contributed by atoms with Crippen molar-refractivity contribution in [2.75, 3.05) is 6.54 Å². The van der Waals surface area contributed by atoms with Crippen LogP contribution in [0.4, 0.5) is 8.78 Å². The fourth-order valence-electron chi connectivity index (χ4n) is 2.47. The first-order valence-corrected chi connectivity index (χ1v) is 6.80. The first-order valence-electron chi connectivity index (χ1n) is 6.80. The van der Waals surface area contributed by atoms with Gasteiger partial charge in [0.2, 0.25) is 0 Å². The molecule has 0 heterocycles. The lowest BCUT2D eigenvalue weighted by molar-refractivity contribution is 0.332. The van der Waals surface area contributed by atoms with E-state index in [0.29, 0.717) is 17.9 Å². The SMILES string of the molecule is CCNC(Cc1cccc(F)c1F)C(CC)CC. The molecule has 0 saturated carbocycles. The summed E-state index contributed by atoms with van der Waals surface area (Å²) in [5.74, 6) is -0.966. The van der Waals surface area contributed by atoms with Crippen LogP contribution in [0.2, 0.25) is 0 Å². The largest absolute Gasteiger partial charge is 0.314 e. The zero-order chi connectivity index (χ0) is 13.5. The number of benzene rings is 1. The summed E-state index contributed by atoms with van der Waals surface area (Å²) in [6.07, 6.45) is 2.64. The van der Waals surface area contributed by atoms with E-state index in [1.54, 1.807) is 12.1 Å². The fraction of sp³-hybridized carbons (Fsp3) is 0.600. The van der Waals surface area contributed by atoms with Crippen molar-refractivity contribution in [2.45, 2.75) is 46.1 Å². The highest BCUT2D eigenvalue weighted by molar-refractivity contribution is 5.20. The van der Waals surface area contributed by atoms with Gasteiger partial charge in [0.15, 0.2) is 11.6 Å². The molecule has 102 valence electrons. The maximum absolute atomic E-state index is 13.7. The quantitative estimate of drug-likeness (QED) is 0.778. The zero-order valence-corrected chi connectivity index (χ0v) is 11.5. The van der Waals surface area contributed by atoms with E-state index in [0.717, 1.165) is 25.5 Å². The van der Waals surface area contributed by atoms with Crippen LogP contribution in [0, 0.1) is 17.6 Å². The molecule has 0 spiro atoms. The standard InChI is InChI=1S/C15H23F2N/c1-4-11(5-2)14(18-6-3)10-12-8-7-9-13(16)15(12)17/h7-9,11,14,18H,4-6,10H2,1-3H3. The van der Waals surface area contributed by atoms with Crippen LogP contribution in [0.25, 0.3) is 0 Å². The molecule has 1 aromatic rings. The molecule has 0 radical (unpaired) electrons. The summed E-state index contributed by atoms with van der Waals surface area (Å²) in [4.78, 5) is 0. The van der Waals surface area contributed by atoms with Crippen LogP contribution in [0.15, 0.2) is 18.2 Å². The lowest BCUT2D eigenvalue weighted by atomic mass is 9.89. The van der Waals surface area contributed by atoms with Gasteiger partial charge in [0.05, 0.1) is 0 Å². The molecule has 1 aromatic carbocycles. The molecule has 0 saturated heterocycles. The highest BCUT2D eigenvalue weighted by Gasteiger charge is 2.20. The van der Waals surface area contributed by atoms with E-state index in [1.807, 2.05) is 6.92 Å². The fourth-order valence-corrected chi connectivity index (χ4v) is 2.47. The van der Waals surface area contributed by atoms with Crippen LogP contribution >= 0.6 is 0 Å². The summed E-state index contributed by atoms with van der Waals surface area (Å²) in [6.45, 7) is 7.16. The van der Waals surface area contributed by atoms with Gasteiger partial charge in [-0.2, -0.15) is 0 Å². The van der Waals surface area contributed by atoms with Gasteiger partial charge in [0, 0.05) is 6.04 Å². The number of hydrogen-bond acceptors (Lipinski definition) is 1. The Hall–Kier alpha value is -0.960. The number of nitrogens with one attached hydrogen (secondary N) is 1. The van der Waals surface area contributed by atoms with E-state index >= 15 is 0 Å². The van der Waals surface area contributed by atoms with E-state index in [4.69, 9.17) is 0 Å². The summed E-state index contributed by atoms with van der Waals surface area (Å²) in [7, 11) is 0. The molecular weight excluding hydrogens is 232 g/mol. The molecule has 3 heteroatoms. The molecule has 1 nitrogen and oxygen atoms in total. The van der Waals surface area contributed by atoms with Crippen molar-refractivity contribution in [3.05, 3.63) is 35.4 Å². The predicted octanol–water partition coefficient (Wildman–Crippen LogP) is 3.92. The minimum absolute atomic E-state index is 0.210. The monoisotopic (exact) mass is 255 g/mol. The van der Waals surface area contributed by atoms with Gasteiger partial charge in [0.1, 0.15) is 0 Å². The van der Waals surface area contributed by atoms with Crippen LogP contribution in [0.5, 0.6) is 0 Å². The third kappa shape index (κ3) is 3.77. The summed E-state index contributed by atoms with van der Waals surface area (Å²) in [5.41, 5.74) is 0.466. The van der Waals surface area contributed by atoms with Crippen LogP contribution in [0.1, 0.15) is 39.2 Å². The Kier molecular flexibility index (Phi) is 6.27. The van der Waals surface area contributed by atoms with Gasteiger partial charge in [-0.3, -0.25) is 0 Å². The van der Waals surface area contributed by atoms with Gasteiger partial charge < -0.3 is 5.32 Å². The van der Waals surface area contributed by atoms with Crippen LogP contribution in [-0.4, -0.2) is 12.6 Å². The molecule has 1 unspecified atom stereocenters. The molecule has 1 rings (SSSR count). The smallest absolute Gasteiger partial charge is 0.162 e. The summed E-state index contributed by atoms with van der Waals surface area (Å²) in [5, 5.41) is 3.39. The molecule has 0 aromatic heterocycles. The third-order valence-electron chi connectivity index (χ3n) is 3.56. The Bertz CT molecular complexity index is 362. The number of halogens is 2. The van der Waals surface area contributed by atoms with Crippen molar-refractivity contribution in [3.63, 3.8) is 0 Å². The van der Waals surface area contributed by atoms with E-state index in [-0.39, 0.29) is 6.04 Å². The second-order valence-electron chi connectivity index (χ2n) is 4.66. The Labute approximate surface area is 109 Å². The lowest BCUT2D eigenvalue weighted by Crippen LogP contribution is -2.37. The van der Waals surface area contributed by atoms with Gasteiger partial charge in [0.25, 0.3) is 0 Å². The van der Waals surface area contributed by atoms with Gasteiger partial charge in [-0.1, -0.05) is 45.7 Å². The molecule has 0 amide bonds. The predicted molar refractivity (Wildman–Crippen MR) is 71.6 cm³/mol. The van der Waals surface area contributed by atoms with Crippen molar-refractivity contribution < 1.29 is 8.78 Å². The molecule has 0 aliphatic rings. The first kappa shape index (κ1) is 15.1. The Morgan fingerprint density at radius 2 is 1.78 bits per heavy atom. The van der Waals surface area contributed by atoms with Crippen molar-refractivity contribution in [3.8, 4) is 0 Å². The van der Waals surface area contributed by atoms with Gasteiger partial charge in [-0.25, -0.2) is 8.78 Å². The highest BCUT2D eigenvalue weighted by Crippen LogP contribution is 2.20. The molecular formula is C15H23F2N. The molecule has 0 aliphatic carbocycles. The Balaban J connectivity index is 2.85. The maximum Gasteiger partial charge on any atom is 0.162 e. The lowest BCUT2D eigenvalue weighted by Gasteiger charge is -2.26. The molecule has 0 aliphatic heterocycles. The number of likely N-dealkylation sites (N-methyl/N-ethyl adjacent to an activating group) is 1. The van der Waals surface area contributed by atoms with Crippen LogP contribution in [0.3, 0.4) is 0 Å². The Morgan fingerprint density at radius 1 is 1.11 bits per heavy atom. The second-order valence-corrected chi connectivity index (χ2v) is 4.66. The maximum atomic E-state index is 13.7. The Morgan fingerprint density at radius 3 is 2.33 bits per heavy atom. The van der Waals surface area contributed by atoms with E-state index in [2.05, 4.69) is 19.2 Å². The van der Waals surface area contributed by atoms with Crippen molar-refractivity contribution >= 4 is 0 Å². The number of rotatable bonds is 7. The molecule has 18 heavy (non-hydrogen) atoms. The summed E-state index contributed by atoms with van der Waals surface area (Å²) < 4.78 is 26.9. The minimum Gasteiger partial charge on any atom is -0.314 e. The normalized spacial score (nSPS) is 13.0. The topological polar surface area (TPSA) is 12.0 Å². The second kappa shape index (κ2) is 7.47. The van der Waals surface area contributed by atoms with Gasteiger partial charge in [-0.05, 0) is 30.5 Å². The van der Waals surface area contributed by atoms with Crippen molar-refractivity contribution in [1.29, 1.82) is 0 Å². The van der Waals surface area contributed by atoms with Crippen LogP contribution in [-0.2, 0) is 6.42 Å². The summed E-state index contributed by atoms with van der Waals surface area (Å²) >= 11 is 0. The third-order valence-corrected chi connectivity index (χ3v) is 3.56. The van der Waals surface area contributed by atoms with Gasteiger partial charge in [-0.15, -0.1) is 0 Å². The van der Waals surface area contributed by atoms with E-state index in [1.165, 1.54) is 0 Å². The summed E-state index contributed by atoms with van der Waals surface area (Å²) in [6, 6.07) is 4.62. The van der Waals surface area contributed by atoms with Crippen molar-refractivity contribution in [1.82, 2.24) is 5.32 Å². The molecule has 0 bridgehead atoms. The zero-order valence-electron chi connectivity index (χ0n) is 11.5.